The van der Waals surface area contributed by atoms with Gasteiger partial charge in [-0.25, -0.2) is 18.7 Å². The molecule has 0 aromatic carbocycles. The molecule has 5 heteroatoms. The molecule has 0 spiro atoms. The van der Waals surface area contributed by atoms with Gasteiger partial charge in [0.1, 0.15) is 5.82 Å². The van der Waals surface area contributed by atoms with Gasteiger partial charge in [-0.2, -0.15) is 0 Å². The van der Waals surface area contributed by atoms with Gasteiger partial charge in [-0.15, -0.1) is 0 Å². The van der Waals surface area contributed by atoms with E-state index in [9.17, 15) is 8.78 Å². The Morgan fingerprint density at radius 2 is 2.17 bits per heavy atom. The fourth-order valence-electron chi connectivity index (χ4n) is 2.96. The van der Waals surface area contributed by atoms with Gasteiger partial charge in [-0.1, -0.05) is 0 Å². The maximum atomic E-state index is 13.2. The van der Waals surface area contributed by atoms with Crippen LogP contribution >= 0.6 is 0 Å². The Kier molecular flexibility index (Phi) is 2.81. The second-order valence-electron chi connectivity index (χ2n) is 5.42. The molecule has 0 radical (unpaired) electrons. The molecule has 1 fully saturated rings. The summed E-state index contributed by atoms with van der Waals surface area (Å²) < 4.78 is 26.4. The van der Waals surface area contributed by atoms with E-state index in [1.807, 2.05) is 0 Å². The van der Waals surface area contributed by atoms with E-state index < -0.39 is 5.92 Å². The van der Waals surface area contributed by atoms with Crippen molar-refractivity contribution >= 4 is 0 Å². The highest BCUT2D eigenvalue weighted by Gasteiger charge is 2.41. The summed E-state index contributed by atoms with van der Waals surface area (Å²) in [6.07, 6.45) is 4.94. The lowest BCUT2D eigenvalue weighted by Crippen LogP contribution is -2.20. The third-order valence-electron chi connectivity index (χ3n) is 4.02. The largest absolute Gasteiger partial charge is 0.324 e. The van der Waals surface area contributed by atoms with Crippen LogP contribution < -0.4 is 5.73 Å². The molecule has 2 atom stereocenters. The van der Waals surface area contributed by atoms with Gasteiger partial charge in [0.05, 0.1) is 0 Å². The van der Waals surface area contributed by atoms with Gasteiger partial charge < -0.3 is 5.73 Å². The molecule has 2 unspecified atom stereocenters. The van der Waals surface area contributed by atoms with Crippen molar-refractivity contribution in [2.45, 2.75) is 56.4 Å². The molecule has 18 heavy (non-hydrogen) atoms. The summed E-state index contributed by atoms with van der Waals surface area (Å²) in [5.41, 5.74) is 7.95. The van der Waals surface area contributed by atoms with Crippen LogP contribution in [0.3, 0.4) is 0 Å². The van der Waals surface area contributed by atoms with Crippen LogP contribution in [-0.2, 0) is 6.42 Å². The third-order valence-corrected chi connectivity index (χ3v) is 4.02. The fourth-order valence-corrected chi connectivity index (χ4v) is 2.96. The second-order valence-corrected chi connectivity index (χ2v) is 5.42. The van der Waals surface area contributed by atoms with Crippen molar-refractivity contribution in [2.75, 3.05) is 0 Å². The fraction of sp³-hybridized carbons (Fsp3) is 0.692. The van der Waals surface area contributed by atoms with Crippen LogP contribution in [0.15, 0.2) is 6.20 Å². The van der Waals surface area contributed by atoms with Gasteiger partial charge >= 0.3 is 0 Å². The number of rotatable bonds is 1. The number of alkyl halides is 2. The lowest BCUT2D eigenvalue weighted by molar-refractivity contribution is 0.00753. The first-order valence-electron chi connectivity index (χ1n) is 6.54. The van der Waals surface area contributed by atoms with Crippen LogP contribution in [0, 0.1) is 0 Å². The Labute approximate surface area is 105 Å². The number of nitrogens with zero attached hydrogens (tertiary/aromatic N) is 2. The Morgan fingerprint density at radius 1 is 1.33 bits per heavy atom. The van der Waals surface area contributed by atoms with E-state index in [2.05, 4.69) is 9.97 Å². The molecule has 1 heterocycles. The number of hydrogen-bond acceptors (Lipinski definition) is 3. The van der Waals surface area contributed by atoms with Crippen LogP contribution in [0.1, 0.15) is 61.1 Å². The van der Waals surface area contributed by atoms with Gasteiger partial charge in [0.25, 0.3) is 0 Å². The molecular formula is C13H17F2N3. The summed E-state index contributed by atoms with van der Waals surface area (Å²) in [6, 6.07) is 0.00724. The number of fused-ring (bicyclic) bond motifs is 1. The molecule has 2 aliphatic rings. The SMILES string of the molecule is NC1CCCc2nc(C3CCC(F)(F)C3)ncc21. The maximum absolute atomic E-state index is 13.2. The van der Waals surface area contributed by atoms with Crippen molar-refractivity contribution < 1.29 is 8.78 Å². The molecule has 2 N–H and O–H groups in total. The highest BCUT2D eigenvalue weighted by atomic mass is 19.3. The third kappa shape index (κ3) is 2.11. The van der Waals surface area contributed by atoms with Crippen molar-refractivity contribution in [3.8, 4) is 0 Å². The molecule has 3 rings (SSSR count). The molecule has 0 amide bonds. The molecule has 0 bridgehead atoms. The molecule has 1 aromatic rings. The first-order valence-corrected chi connectivity index (χ1v) is 6.54. The molecular weight excluding hydrogens is 236 g/mol. The average Bonchev–Trinajstić information content (AvgIpc) is 2.70. The van der Waals surface area contributed by atoms with Crippen LogP contribution in [0.4, 0.5) is 8.78 Å². The zero-order chi connectivity index (χ0) is 12.8. The molecule has 98 valence electrons. The minimum absolute atomic E-state index is 0.00724. The van der Waals surface area contributed by atoms with Crippen molar-refractivity contribution in [2.24, 2.45) is 5.73 Å². The van der Waals surface area contributed by atoms with Crippen molar-refractivity contribution in [1.29, 1.82) is 0 Å². The predicted octanol–water partition coefficient (Wildman–Crippen LogP) is 2.72. The smallest absolute Gasteiger partial charge is 0.248 e. The van der Waals surface area contributed by atoms with Crippen molar-refractivity contribution in [3.05, 3.63) is 23.3 Å². The number of aromatic nitrogens is 2. The quantitative estimate of drug-likeness (QED) is 0.837. The van der Waals surface area contributed by atoms with Gasteiger partial charge in [0, 0.05) is 42.3 Å². The van der Waals surface area contributed by atoms with Gasteiger partial charge in [-0.3, -0.25) is 0 Å². The Morgan fingerprint density at radius 3 is 2.89 bits per heavy atom. The lowest BCUT2D eigenvalue weighted by atomic mass is 9.93. The molecule has 3 nitrogen and oxygen atoms in total. The van der Waals surface area contributed by atoms with Crippen LogP contribution in [0.2, 0.25) is 0 Å². The molecule has 1 saturated carbocycles. The van der Waals surface area contributed by atoms with Gasteiger partial charge in [0.15, 0.2) is 0 Å². The number of aryl methyl sites for hydroxylation is 1. The second kappa shape index (κ2) is 4.23. The lowest BCUT2D eigenvalue weighted by Gasteiger charge is -2.22. The maximum Gasteiger partial charge on any atom is 0.248 e. The van der Waals surface area contributed by atoms with E-state index in [-0.39, 0.29) is 24.8 Å². The number of halogens is 2. The number of nitrogens with two attached hydrogens (primary N) is 1. The zero-order valence-electron chi connectivity index (χ0n) is 10.2. The zero-order valence-corrected chi connectivity index (χ0v) is 10.2. The Bertz CT molecular complexity index is 462. The van der Waals surface area contributed by atoms with Crippen molar-refractivity contribution in [1.82, 2.24) is 9.97 Å². The molecule has 0 aliphatic heterocycles. The molecule has 2 aliphatic carbocycles. The van der Waals surface area contributed by atoms with E-state index in [0.29, 0.717) is 12.2 Å². The summed E-state index contributed by atoms with van der Waals surface area (Å²) in [7, 11) is 0. The topological polar surface area (TPSA) is 51.8 Å². The summed E-state index contributed by atoms with van der Waals surface area (Å²) in [4.78, 5) is 8.75. The molecule has 0 saturated heterocycles. The standard InChI is InChI=1S/C13H17F2N3/c14-13(15)5-4-8(6-13)12-17-7-9-10(16)2-1-3-11(9)18-12/h7-8,10H,1-6,16H2. The summed E-state index contributed by atoms with van der Waals surface area (Å²) in [6.45, 7) is 0. The first-order chi connectivity index (χ1) is 8.55. The number of hydrogen-bond donors (Lipinski definition) is 1. The predicted molar refractivity (Wildman–Crippen MR) is 63.4 cm³/mol. The normalized spacial score (nSPS) is 30.2. The summed E-state index contributed by atoms with van der Waals surface area (Å²) in [5, 5.41) is 0. The minimum Gasteiger partial charge on any atom is -0.324 e. The summed E-state index contributed by atoms with van der Waals surface area (Å²) in [5.74, 6) is -2.15. The van der Waals surface area contributed by atoms with Crippen LogP contribution in [0.5, 0.6) is 0 Å². The van der Waals surface area contributed by atoms with E-state index >= 15 is 0 Å². The Hall–Kier alpha value is -1.10. The van der Waals surface area contributed by atoms with E-state index in [1.54, 1.807) is 6.20 Å². The van der Waals surface area contributed by atoms with Crippen LogP contribution in [-0.4, -0.2) is 15.9 Å². The van der Waals surface area contributed by atoms with E-state index in [4.69, 9.17) is 5.73 Å². The van der Waals surface area contributed by atoms with E-state index in [1.165, 1.54) is 0 Å². The highest BCUT2D eigenvalue weighted by molar-refractivity contribution is 5.25. The monoisotopic (exact) mass is 253 g/mol. The van der Waals surface area contributed by atoms with Crippen molar-refractivity contribution in [3.63, 3.8) is 0 Å². The van der Waals surface area contributed by atoms with Gasteiger partial charge in [-0.05, 0) is 25.7 Å². The average molecular weight is 253 g/mol. The first kappa shape index (κ1) is 12.0. The molecule has 1 aromatic heterocycles. The van der Waals surface area contributed by atoms with Gasteiger partial charge in [0.2, 0.25) is 5.92 Å². The Balaban J connectivity index is 1.87. The van der Waals surface area contributed by atoms with E-state index in [0.717, 1.165) is 30.5 Å². The highest BCUT2D eigenvalue weighted by Crippen LogP contribution is 2.43. The minimum atomic E-state index is -2.54. The van der Waals surface area contributed by atoms with Crippen LogP contribution in [0.25, 0.3) is 0 Å². The summed E-state index contributed by atoms with van der Waals surface area (Å²) >= 11 is 0.